The molecule has 0 saturated carbocycles. The van der Waals surface area contributed by atoms with Crippen LogP contribution in [0.25, 0.3) is 0 Å². The van der Waals surface area contributed by atoms with E-state index in [1.54, 1.807) is 14.2 Å². The highest BCUT2D eigenvalue weighted by atomic mass is 16.5. The molecule has 92 valence electrons. The summed E-state index contributed by atoms with van der Waals surface area (Å²) in [4.78, 5) is 0. The van der Waals surface area contributed by atoms with Crippen LogP contribution in [-0.4, -0.2) is 32.5 Å². The third-order valence-corrected chi connectivity index (χ3v) is 1.83. The van der Waals surface area contributed by atoms with E-state index in [4.69, 9.17) is 14.6 Å². The summed E-state index contributed by atoms with van der Waals surface area (Å²) in [5, 5.41) is 11.7. The summed E-state index contributed by atoms with van der Waals surface area (Å²) in [7, 11) is 3.21. The Morgan fingerprint density at radius 1 is 1.19 bits per heavy atom. The summed E-state index contributed by atoms with van der Waals surface area (Å²) in [6.07, 6.45) is 0. The average molecular weight is 227 g/mol. The number of hydrogen-bond donors (Lipinski definition) is 2. The molecule has 0 aromatic heterocycles. The lowest BCUT2D eigenvalue weighted by atomic mass is 10.2. The van der Waals surface area contributed by atoms with Gasteiger partial charge < -0.3 is 19.9 Å². The predicted octanol–water partition coefficient (Wildman–Crippen LogP) is 2.13. The van der Waals surface area contributed by atoms with Crippen LogP contribution in [0.1, 0.15) is 13.8 Å². The minimum absolute atomic E-state index is 0.0837. The van der Waals surface area contributed by atoms with Crippen molar-refractivity contribution in [3.05, 3.63) is 18.2 Å². The van der Waals surface area contributed by atoms with E-state index in [9.17, 15) is 0 Å². The van der Waals surface area contributed by atoms with E-state index in [-0.39, 0.29) is 6.61 Å². The highest BCUT2D eigenvalue weighted by molar-refractivity contribution is 5.59. The van der Waals surface area contributed by atoms with Gasteiger partial charge in [0.2, 0.25) is 0 Å². The molecule has 0 aliphatic heterocycles. The van der Waals surface area contributed by atoms with Crippen molar-refractivity contribution in [1.29, 1.82) is 0 Å². The van der Waals surface area contributed by atoms with Gasteiger partial charge in [-0.15, -0.1) is 0 Å². The Bertz CT molecular complexity index is 290. The molecule has 0 atom stereocenters. The van der Waals surface area contributed by atoms with Gasteiger partial charge in [-0.3, -0.25) is 0 Å². The van der Waals surface area contributed by atoms with Gasteiger partial charge in [0.05, 0.1) is 26.5 Å². The smallest absolute Gasteiger partial charge is 0.142 e. The van der Waals surface area contributed by atoms with Crippen molar-refractivity contribution in [2.75, 3.05) is 32.7 Å². The molecule has 1 aromatic carbocycles. The third kappa shape index (κ3) is 4.40. The van der Waals surface area contributed by atoms with Crippen LogP contribution >= 0.6 is 0 Å². The van der Waals surface area contributed by atoms with E-state index in [0.717, 1.165) is 17.2 Å². The first-order valence-electron chi connectivity index (χ1n) is 5.38. The maximum absolute atomic E-state index is 8.68. The summed E-state index contributed by atoms with van der Waals surface area (Å²) in [6, 6.07) is 5.47. The van der Waals surface area contributed by atoms with Crippen LogP contribution in [-0.2, 0) is 0 Å². The molecule has 0 unspecified atom stereocenters. The molecule has 16 heavy (non-hydrogen) atoms. The predicted molar refractivity (Wildman–Crippen MR) is 66.5 cm³/mol. The topological polar surface area (TPSA) is 50.7 Å². The van der Waals surface area contributed by atoms with Gasteiger partial charge in [0.1, 0.15) is 11.5 Å². The van der Waals surface area contributed by atoms with E-state index in [1.165, 1.54) is 0 Å². The third-order valence-electron chi connectivity index (χ3n) is 1.83. The molecular formula is C12H21NO3. The minimum atomic E-state index is 0.0837. The molecule has 0 fully saturated rings. The van der Waals surface area contributed by atoms with Crippen LogP contribution in [0.3, 0.4) is 0 Å². The molecule has 0 heterocycles. The van der Waals surface area contributed by atoms with Gasteiger partial charge in [0.25, 0.3) is 0 Å². The number of aliphatic hydroxyl groups is 1. The molecule has 0 spiro atoms. The number of rotatable bonds is 5. The van der Waals surface area contributed by atoms with E-state index >= 15 is 0 Å². The van der Waals surface area contributed by atoms with Gasteiger partial charge in [-0.1, -0.05) is 13.8 Å². The molecule has 0 aliphatic carbocycles. The monoisotopic (exact) mass is 227 g/mol. The standard InChI is InChI=1S/C10H15NO3.C2H6/c1-13-8-3-4-10(14-2)9(7-8)11-5-6-12;1-2/h3-4,7,11-12H,5-6H2,1-2H3;1-2H3. The van der Waals surface area contributed by atoms with Crippen LogP contribution in [0.5, 0.6) is 11.5 Å². The molecule has 1 rings (SSSR count). The average Bonchev–Trinajstić information content (AvgIpc) is 2.38. The lowest BCUT2D eigenvalue weighted by Gasteiger charge is -2.11. The van der Waals surface area contributed by atoms with Crippen molar-refractivity contribution in [2.24, 2.45) is 0 Å². The Labute approximate surface area is 97.2 Å². The van der Waals surface area contributed by atoms with Gasteiger partial charge in [-0.05, 0) is 12.1 Å². The molecule has 0 saturated heterocycles. The maximum atomic E-state index is 8.68. The molecule has 4 nitrogen and oxygen atoms in total. The number of anilines is 1. The fraction of sp³-hybridized carbons (Fsp3) is 0.500. The van der Waals surface area contributed by atoms with Crippen LogP contribution in [0, 0.1) is 0 Å². The van der Waals surface area contributed by atoms with E-state index in [2.05, 4.69) is 5.32 Å². The van der Waals surface area contributed by atoms with Crippen LogP contribution < -0.4 is 14.8 Å². The van der Waals surface area contributed by atoms with Gasteiger partial charge in [0.15, 0.2) is 0 Å². The van der Waals surface area contributed by atoms with Crippen molar-refractivity contribution in [2.45, 2.75) is 13.8 Å². The van der Waals surface area contributed by atoms with Gasteiger partial charge in [-0.2, -0.15) is 0 Å². The highest BCUT2D eigenvalue weighted by Crippen LogP contribution is 2.28. The Morgan fingerprint density at radius 3 is 2.38 bits per heavy atom. The zero-order valence-corrected chi connectivity index (χ0v) is 10.4. The minimum Gasteiger partial charge on any atom is -0.497 e. The molecule has 0 aliphatic rings. The number of ether oxygens (including phenoxy) is 2. The summed E-state index contributed by atoms with van der Waals surface area (Å²) in [5.41, 5.74) is 0.820. The Morgan fingerprint density at radius 2 is 1.88 bits per heavy atom. The van der Waals surface area contributed by atoms with Crippen molar-refractivity contribution in [3.8, 4) is 11.5 Å². The quantitative estimate of drug-likeness (QED) is 0.809. The molecule has 4 heteroatoms. The first kappa shape index (κ1) is 14.6. The lowest BCUT2D eigenvalue weighted by molar-refractivity contribution is 0.310. The van der Waals surface area contributed by atoms with E-state index < -0.39 is 0 Å². The van der Waals surface area contributed by atoms with Crippen LogP contribution in [0.4, 0.5) is 5.69 Å². The fourth-order valence-corrected chi connectivity index (χ4v) is 1.14. The second-order valence-corrected chi connectivity index (χ2v) is 2.72. The van der Waals surface area contributed by atoms with Gasteiger partial charge >= 0.3 is 0 Å². The number of aliphatic hydroxyl groups excluding tert-OH is 1. The Balaban J connectivity index is 0.00000106. The Hall–Kier alpha value is -1.42. The molecule has 0 bridgehead atoms. The first-order chi connectivity index (χ1) is 7.81. The second kappa shape index (κ2) is 8.85. The zero-order chi connectivity index (χ0) is 12.4. The zero-order valence-electron chi connectivity index (χ0n) is 10.4. The van der Waals surface area contributed by atoms with Crippen molar-refractivity contribution < 1.29 is 14.6 Å². The molecule has 2 N–H and O–H groups in total. The summed E-state index contributed by atoms with van der Waals surface area (Å²) in [5.74, 6) is 1.49. The summed E-state index contributed by atoms with van der Waals surface area (Å²) < 4.78 is 10.2. The Kier molecular flexibility index (Phi) is 8.07. The summed E-state index contributed by atoms with van der Waals surface area (Å²) >= 11 is 0. The van der Waals surface area contributed by atoms with Crippen LogP contribution in [0.2, 0.25) is 0 Å². The number of hydrogen-bond acceptors (Lipinski definition) is 4. The van der Waals surface area contributed by atoms with E-state index in [1.807, 2.05) is 32.0 Å². The normalized spacial score (nSPS) is 8.81. The molecule has 1 aromatic rings. The first-order valence-corrected chi connectivity index (χ1v) is 5.38. The lowest BCUT2D eigenvalue weighted by Crippen LogP contribution is -2.06. The molecule has 0 amide bonds. The van der Waals surface area contributed by atoms with Crippen molar-refractivity contribution in [3.63, 3.8) is 0 Å². The van der Waals surface area contributed by atoms with E-state index in [0.29, 0.717) is 6.54 Å². The number of nitrogens with one attached hydrogen (secondary N) is 1. The SMILES string of the molecule is CC.COc1ccc(OC)c(NCCO)c1. The van der Waals surface area contributed by atoms with Gasteiger partial charge in [-0.25, -0.2) is 0 Å². The van der Waals surface area contributed by atoms with Crippen molar-refractivity contribution in [1.82, 2.24) is 0 Å². The highest BCUT2D eigenvalue weighted by Gasteiger charge is 2.03. The summed E-state index contributed by atoms with van der Waals surface area (Å²) in [6.45, 7) is 4.57. The number of methoxy groups -OCH3 is 2. The van der Waals surface area contributed by atoms with Crippen molar-refractivity contribution >= 4 is 5.69 Å². The molecular weight excluding hydrogens is 206 g/mol. The van der Waals surface area contributed by atoms with Crippen LogP contribution in [0.15, 0.2) is 18.2 Å². The fourth-order valence-electron chi connectivity index (χ4n) is 1.14. The second-order valence-electron chi connectivity index (χ2n) is 2.72. The largest absolute Gasteiger partial charge is 0.497 e. The molecule has 0 radical (unpaired) electrons. The number of benzene rings is 1. The maximum Gasteiger partial charge on any atom is 0.142 e. The van der Waals surface area contributed by atoms with Gasteiger partial charge in [0, 0.05) is 12.6 Å².